The molecule has 0 spiro atoms. The second-order valence-corrected chi connectivity index (χ2v) is 8.68. The number of carbonyl (C=O) groups excluding carboxylic acids is 1. The first-order chi connectivity index (χ1) is 18.0. The Bertz CT molecular complexity index is 1520. The first-order valence-corrected chi connectivity index (χ1v) is 11.7. The van der Waals surface area contributed by atoms with Crippen molar-refractivity contribution in [2.45, 2.75) is 20.4 Å². The quantitative estimate of drug-likeness (QED) is 0.291. The van der Waals surface area contributed by atoms with Crippen LogP contribution in [0.2, 0.25) is 0 Å². The topological polar surface area (TPSA) is 107 Å². The van der Waals surface area contributed by atoms with E-state index in [1.54, 1.807) is 13.4 Å². The van der Waals surface area contributed by atoms with Crippen LogP contribution in [0.15, 0.2) is 83.8 Å². The summed E-state index contributed by atoms with van der Waals surface area (Å²) in [5, 5.41) is 9.82. The lowest BCUT2D eigenvalue weighted by molar-refractivity contribution is 0.262. The molecule has 0 atom stereocenters. The molecule has 5 rings (SSSR count). The van der Waals surface area contributed by atoms with E-state index in [1.807, 2.05) is 91.3 Å². The Morgan fingerprint density at radius 1 is 1.00 bits per heavy atom. The molecule has 0 unspecified atom stereocenters. The van der Waals surface area contributed by atoms with E-state index < -0.39 is 0 Å². The van der Waals surface area contributed by atoms with Crippen molar-refractivity contribution in [3.63, 3.8) is 0 Å². The average Bonchev–Trinajstić information content (AvgIpc) is 3.57. The molecule has 0 saturated carbocycles. The Morgan fingerprint density at radius 2 is 1.78 bits per heavy atom. The van der Waals surface area contributed by atoms with E-state index in [0.29, 0.717) is 29.6 Å². The van der Waals surface area contributed by atoms with Crippen LogP contribution in [-0.4, -0.2) is 32.8 Å². The third-order valence-corrected chi connectivity index (χ3v) is 5.83. The van der Waals surface area contributed by atoms with Crippen LogP contribution in [0.25, 0.3) is 23.0 Å². The molecule has 2 aromatic heterocycles. The molecule has 37 heavy (non-hydrogen) atoms. The summed E-state index contributed by atoms with van der Waals surface area (Å²) in [6, 6.07) is 20.7. The van der Waals surface area contributed by atoms with Gasteiger partial charge >= 0.3 is 6.03 Å². The highest BCUT2D eigenvalue weighted by atomic mass is 16.5. The van der Waals surface area contributed by atoms with Crippen molar-refractivity contribution in [1.29, 1.82) is 0 Å². The highest BCUT2D eigenvalue weighted by Crippen LogP contribution is 2.23. The summed E-state index contributed by atoms with van der Waals surface area (Å²) in [5.41, 5.74) is 6.12. The number of urea groups is 1. The lowest BCUT2D eigenvalue weighted by Gasteiger charge is -2.11. The zero-order valence-corrected chi connectivity index (χ0v) is 20.7. The molecule has 5 aromatic rings. The Balaban J connectivity index is 1.19. The lowest BCUT2D eigenvalue weighted by atomic mass is 10.1. The molecule has 2 N–H and O–H groups in total. The lowest BCUT2D eigenvalue weighted by Crippen LogP contribution is -2.20. The number of amides is 2. The van der Waals surface area contributed by atoms with Crippen LogP contribution in [0.3, 0.4) is 0 Å². The Morgan fingerprint density at radius 3 is 2.51 bits per heavy atom. The first kappa shape index (κ1) is 23.8. The number of hydrogen-bond donors (Lipinski definition) is 2. The summed E-state index contributed by atoms with van der Waals surface area (Å²) in [6.07, 6.45) is 3.57. The van der Waals surface area contributed by atoms with Crippen molar-refractivity contribution in [2.24, 2.45) is 0 Å². The summed E-state index contributed by atoms with van der Waals surface area (Å²) in [5.74, 6) is 1.59. The minimum absolute atomic E-state index is 0.285. The standard InChI is InChI=1S/C28H26N6O3/c1-18-4-13-24(19(2)14-18)31-28(35)30-22-9-5-20(6-10-22)15-34-16-25(29-17-34)27-32-26(33-37-27)21-7-11-23(36-3)12-8-21/h4-14,16-17H,15H2,1-3H3,(H2,30,31,35). The van der Waals surface area contributed by atoms with E-state index in [9.17, 15) is 4.79 Å². The number of rotatable bonds is 7. The van der Waals surface area contributed by atoms with Gasteiger partial charge in [-0.05, 0) is 67.4 Å². The largest absolute Gasteiger partial charge is 0.497 e. The van der Waals surface area contributed by atoms with Crippen molar-refractivity contribution in [3.05, 3.63) is 95.9 Å². The molecule has 0 aliphatic heterocycles. The molecule has 0 radical (unpaired) electrons. The van der Waals surface area contributed by atoms with Gasteiger partial charge in [-0.25, -0.2) is 9.78 Å². The van der Waals surface area contributed by atoms with Gasteiger partial charge < -0.3 is 24.5 Å². The summed E-state index contributed by atoms with van der Waals surface area (Å²) in [7, 11) is 1.62. The number of aryl methyl sites for hydroxylation is 2. The smallest absolute Gasteiger partial charge is 0.323 e. The average molecular weight is 495 g/mol. The van der Waals surface area contributed by atoms with Gasteiger partial charge in [-0.1, -0.05) is 35.0 Å². The number of anilines is 2. The van der Waals surface area contributed by atoms with Crippen LogP contribution in [0.1, 0.15) is 16.7 Å². The second kappa shape index (κ2) is 10.4. The number of methoxy groups -OCH3 is 1. The second-order valence-electron chi connectivity index (χ2n) is 8.68. The highest BCUT2D eigenvalue weighted by molar-refractivity contribution is 6.00. The van der Waals surface area contributed by atoms with Crippen LogP contribution in [0.5, 0.6) is 5.75 Å². The molecule has 0 aliphatic rings. The first-order valence-electron chi connectivity index (χ1n) is 11.7. The van der Waals surface area contributed by atoms with E-state index in [0.717, 1.165) is 33.7 Å². The molecule has 186 valence electrons. The molecule has 9 nitrogen and oxygen atoms in total. The van der Waals surface area contributed by atoms with Gasteiger partial charge in [0.2, 0.25) is 5.82 Å². The van der Waals surface area contributed by atoms with Gasteiger partial charge in [0.1, 0.15) is 11.4 Å². The summed E-state index contributed by atoms with van der Waals surface area (Å²) < 4.78 is 12.5. The van der Waals surface area contributed by atoms with Gasteiger partial charge in [-0.15, -0.1) is 0 Å². The van der Waals surface area contributed by atoms with Gasteiger partial charge in [-0.3, -0.25) is 0 Å². The Hall–Kier alpha value is -4.92. The monoisotopic (exact) mass is 494 g/mol. The summed E-state index contributed by atoms with van der Waals surface area (Å²) >= 11 is 0. The van der Waals surface area contributed by atoms with Gasteiger partial charge in [0, 0.05) is 29.7 Å². The maximum absolute atomic E-state index is 12.4. The summed E-state index contributed by atoms with van der Waals surface area (Å²) in [6.45, 7) is 4.59. The number of ether oxygens (including phenoxy) is 1. The van der Waals surface area contributed by atoms with Gasteiger partial charge in [0.05, 0.1) is 13.4 Å². The molecule has 2 heterocycles. The molecule has 0 aliphatic carbocycles. The number of aromatic nitrogens is 4. The van der Waals surface area contributed by atoms with Crippen LogP contribution < -0.4 is 15.4 Å². The van der Waals surface area contributed by atoms with Crippen molar-refractivity contribution in [3.8, 4) is 28.7 Å². The van der Waals surface area contributed by atoms with Crippen LogP contribution in [0.4, 0.5) is 16.2 Å². The predicted molar refractivity (Wildman–Crippen MR) is 142 cm³/mol. The van der Waals surface area contributed by atoms with E-state index >= 15 is 0 Å². The predicted octanol–water partition coefficient (Wildman–Crippen LogP) is 5.92. The molecule has 0 saturated heterocycles. The SMILES string of the molecule is COc1ccc(-c2noc(-c3cn(Cc4ccc(NC(=O)Nc5ccc(C)cc5C)cc4)cn3)n2)cc1. The number of nitrogens with one attached hydrogen (secondary N) is 2. The number of imidazole rings is 1. The van der Waals surface area contributed by atoms with Crippen molar-refractivity contribution in [2.75, 3.05) is 17.7 Å². The zero-order chi connectivity index (χ0) is 25.8. The number of carbonyl (C=O) groups is 1. The normalized spacial score (nSPS) is 10.8. The third-order valence-electron chi connectivity index (χ3n) is 5.83. The maximum atomic E-state index is 12.4. The molecule has 0 bridgehead atoms. The molecule has 2 amide bonds. The number of benzene rings is 3. The van der Waals surface area contributed by atoms with Crippen LogP contribution in [-0.2, 0) is 6.54 Å². The zero-order valence-electron chi connectivity index (χ0n) is 20.7. The fourth-order valence-electron chi connectivity index (χ4n) is 3.88. The number of hydrogen-bond acceptors (Lipinski definition) is 6. The Kier molecular flexibility index (Phi) is 6.67. The molecule has 0 fully saturated rings. The highest BCUT2D eigenvalue weighted by Gasteiger charge is 2.13. The van der Waals surface area contributed by atoms with Crippen molar-refractivity contribution < 1.29 is 14.1 Å². The van der Waals surface area contributed by atoms with Gasteiger partial charge in [0.15, 0.2) is 0 Å². The molecule has 9 heteroatoms. The van der Waals surface area contributed by atoms with E-state index in [-0.39, 0.29) is 6.03 Å². The van der Waals surface area contributed by atoms with Gasteiger partial charge in [-0.2, -0.15) is 4.98 Å². The fraction of sp³-hybridized carbons (Fsp3) is 0.143. The molecular formula is C28H26N6O3. The van der Waals surface area contributed by atoms with Crippen molar-refractivity contribution in [1.82, 2.24) is 19.7 Å². The minimum Gasteiger partial charge on any atom is -0.497 e. The van der Waals surface area contributed by atoms with Gasteiger partial charge in [0.25, 0.3) is 5.89 Å². The van der Waals surface area contributed by atoms with E-state index in [4.69, 9.17) is 9.26 Å². The van der Waals surface area contributed by atoms with E-state index in [2.05, 4.69) is 25.8 Å². The minimum atomic E-state index is -0.285. The third kappa shape index (κ3) is 5.67. The molecular weight excluding hydrogens is 468 g/mol. The van der Waals surface area contributed by atoms with Crippen molar-refractivity contribution >= 4 is 17.4 Å². The summed E-state index contributed by atoms with van der Waals surface area (Å²) in [4.78, 5) is 21.3. The Labute approximate surface area is 214 Å². The fourth-order valence-corrected chi connectivity index (χ4v) is 3.88. The van der Waals surface area contributed by atoms with Crippen LogP contribution in [0, 0.1) is 13.8 Å². The number of nitrogens with zero attached hydrogens (tertiary/aromatic N) is 4. The maximum Gasteiger partial charge on any atom is 0.323 e. The van der Waals surface area contributed by atoms with E-state index in [1.165, 1.54) is 0 Å². The molecule has 3 aromatic carbocycles. The van der Waals surface area contributed by atoms with Crippen LogP contribution >= 0.6 is 0 Å².